The molecule has 4 rings (SSSR count). The Balaban J connectivity index is 1.16. The van der Waals surface area contributed by atoms with E-state index < -0.39 is 0 Å². The predicted octanol–water partition coefficient (Wildman–Crippen LogP) is 1.67. The molecule has 1 unspecified atom stereocenters. The Labute approximate surface area is 179 Å². The van der Waals surface area contributed by atoms with Crippen LogP contribution in [0.4, 0.5) is 5.82 Å². The summed E-state index contributed by atoms with van der Waals surface area (Å²) in [7, 11) is 0. The Morgan fingerprint density at radius 1 is 1.19 bits per heavy atom. The fourth-order valence-electron chi connectivity index (χ4n) is 3.66. The number of rotatable bonds is 9. The van der Waals surface area contributed by atoms with Crippen LogP contribution in [0, 0.1) is 0 Å². The minimum atomic E-state index is -0.211. The Morgan fingerprint density at radius 3 is 2.90 bits per heavy atom. The molecule has 164 valence electrons. The number of aromatic nitrogens is 4. The zero-order valence-electron chi connectivity index (χ0n) is 17.3. The van der Waals surface area contributed by atoms with Crippen molar-refractivity contribution in [2.24, 2.45) is 0 Å². The summed E-state index contributed by atoms with van der Waals surface area (Å²) in [6.07, 6.45) is 4.80. The number of anilines is 1. The summed E-state index contributed by atoms with van der Waals surface area (Å²) >= 11 is 0. The number of benzene rings is 1. The zero-order valence-corrected chi connectivity index (χ0v) is 17.3. The van der Waals surface area contributed by atoms with Gasteiger partial charge in [0.15, 0.2) is 11.6 Å². The van der Waals surface area contributed by atoms with Gasteiger partial charge >= 0.3 is 0 Å². The monoisotopic (exact) mass is 425 g/mol. The molecule has 0 saturated carbocycles. The van der Waals surface area contributed by atoms with E-state index >= 15 is 0 Å². The minimum absolute atomic E-state index is 0.0526. The van der Waals surface area contributed by atoms with Crippen molar-refractivity contribution < 1.29 is 9.32 Å². The first-order chi connectivity index (χ1) is 15.2. The number of piperidine rings is 1. The summed E-state index contributed by atoms with van der Waals surface area (Å²) in [6.45, 7) is 2.12. The predicted molar refractivity (Wildman–Crippen MR) is 116 cm³/mol. The number of carbonyl (C=O) groups excluding carboxylic acids is 1. The van der Waals surface area contributed by atoms with E-state index in [9.17, 15) is 9.59 Å². The highest BCUT2D eigenvalue weighted by molar-refractivity contribution is 5.90. The molecule has 0 radical (unpaired) electrons. The van der Waals surface area contributed by atoms with Crippen molar-refractivity contribution in [1.29, 1.82) is 0 Å². The highest BCUT2D eigenvalue weighted by Crippen LogP contribution is 2.20. The molecular formula is C21H27N7O3. The largest absolute Gasteiger partial charge is 0.368 e. The smallest absolute Gasteiger partial charge is 0.272 e. The van der Waals surface area contributed by atoms with Crippen LogP contribution in [0.5, 0.6) is 0 Å². The topological polar surface area (TPSA) is 138 Å². The SMILES string of the molecule is O=C(CCc1nc(C2CCCCN2)no1)NCCCNc1n[nH]c(=O)c2ccccc12. The number of hydrogen-bond acceptors (Lipinski definition) is 8. The Hall–Kier alpha value is -3.27. The molecule has 0 bridgehead atoms. The van der Waals surface area contributed by atoms with Gasteiger partial charge < -0.3 is 20.5 Å². The lowest BCUT2D eigenvalue weighted by molar-refractivity contribution is -0.121. The van der Waals surface area contributed by atoms with E-state index in [1.54, 1.807) is 6.07 Å². The van der Waals surface area contributed by atoms with Gasteiger partial charge in [0.2, 0.25) is 11.8 Å². The van der Waals surface area contributed by atoms with Gasteiger partial charge in [-0.25, -0.2) is 5.10 Å². The van der Waals surface area contributed by atoms with Crippen molar-refractivity contribution in [2.75, 3.05) is 25.0 Å². The molecule has 3 aromatic rings. The molecule has 1 saturated heterocycles. The van der Waals surface area contributed by atoms with Crippen LogP contribution in [0.2, 0.25) is 0 Å². The molecule has 1 aliphatic heterocycles. The first-order valence-corrected chi connectivity index (χ1v) is 10.7. The van der Waals surface area contributed by atoms with E-state index in [0.29, 0.717) is 48.9 Å². The van der Waals surface area contributed by atoms with Crippen molar-refractivity contribution in [3.63, 3.8) is 0 Å². The van der Waals surface area contributed by atoms with Crippen LogP contribution in [0.3, 0.4) is 0 Å². The van der Waals surface area contributed by atoms with Crippen LogP contribution in [-0.2, 0) is 11.2 Å². The number of amides is 1. The van der Waals surface area contributed by atoms with Crippen LogP contribution in [0.15, 0.2) is 33.6 Å². The lowest BCUT2D eigenvalue weighted by atomic mass is 10.0. The van der Waals surface area contributed by atoms with Crippen molar-refractivity contribution in [1.82, 2.24) is 31.0 Å². The average Bonchev–Trinajstić information content (AvgIpc) is 3.29. The van der Waals surface area contributed by atoms with Gasteiger partial charge in [0.25, 0.3) is 5.56 Å². The van der Waals surface area contributed by atoms with E-state index in [2.05, 4.69) is 36.3 Å². The number of fused-ring (bicyclic) bond motifs is 1. The lowest BCUT2D eigenvalue weighted by Crippen LogP contribution is -2.27. The van der Waals surface area contributed by atoms with Crippen LogP contribution < -0.4 is 21.5 Å². The molecule has 10 nitrogen and oxygen atoms in total. The van der Waals surface area contributed by atoms with Gasteiger partial charge in [-0.3, -0.25) is 9.59 Å². The maximum atomic E-state index is 12.1. The maximum Gasteiger partial charge on any atom is 0.272 e. The molecule has 1 amide bonds. The summed E-state index contributed by atoms with van der Waals surface area (Å²) in [5, 5.41) is 21.5. The summed E-state index contributed by atoms with van der Waals surface area (Å²) < 4.78 is 5.28. The highest BCUT2D eigenvalue weighted by Gasteiger charge is 2.20. The third-order valence-corrected chi connectivity index (χ3v) is 5.34. The van der Waals surface area contributed by atoms with Gasteiger partial charge in [-0.05, 0) is 31.9 Å². The summed E-state index contributed by atoms with van der Waals surface area (Å²) in [5.74, 6) is 1.75. The second kappa shape index (κ2) is 10.2. The van der Waals surface area contributed by atoms with Crippen LogP contribution in [0.1, 0.15) is 49.9 Å². The molecule has 1 fully saturated rings. The molecule has 0 aliphatic carbocycles. The number of nitrogens with zero attached hydrogens (tertiary/aromatic N) is 3. The minimum Gasteiger partial charge on any atom is -0.368 e. The number of hydrogen-bond donors (Lipinski definition) is 4. The fraction of sp³-hybridized carbons (Fsp3) is 0.476. The van der Waals surface area contributed by atoms with Gasteiger partial charge in [-0.15, -0.1) is 0 Å². The number of carbonyl (C=O) groups is 1. The van der Waals surface area contributed by atoms with Crippen LogP contribution in [0.25, 0.3) is 10.8 Å². The van der Waals surface area contributed by atoms with Gasteiger partial charge in [0.05, 0.1) is 11.4 Å². The zero-order chi connectivity index (χ0) is 21.5. The van der Waals surface area contributed by atoms with E-state index in [0.717, 1.165) is 31.2 Å². The van der Waals surface area contributed by atoms with E-state index in [1.807, 2.05) is 18.2 Å². The molecule has 1 aliphatic rings. The van der Waals surface area contributed by atoms with E-state index in [1.165, 1.54) is 6.42 Å². The molecule has 0 spiro atoms. The van der Waals surface area contributed by atoms with Gasteiger partial charge in [-0.1, -0.05) is 29.8 Å². The molecule has 3 heterocycles. The number of H-pyrrole nitrogens is 1. The first kappa shape index (κ1) is 21.0. The maximum absolute atomic E-state index is 12.1. The molecule has 4 N–H and O–H groups in total. The summed E-state index contributed by atoms with van der Waals surface area (Å²) in [5.41, 5.74) is -0.211. The Bertz CT molecular complexity index is 1070. The first-order valence-electron chi connectivity index (χ1n) is 10.7. The van der Waals surface area contributed by atoms with Crippen molar-refractivity contribution in [3.05, 3.63) is 46.3 Å². The van der Waals surface area contributed by atoms with Crippen molar-refractivity contribution in [3.8, 4) is 0 Å². The fourth-order valence-corrected chi connectivity index (χ4v) is 3.66. The van der Waals surface area contributed by atoms with Crippen LogP contribution >= 0.6 is 0 Å². The number of aromatic amines is 1. The second-order valence-corrected chi connectivity index (χ2v) is 7.63. The second-order valence-electron chi connectivity index (χ2n) is 7.63. The normalized spacial score (nSPS) is 16.3. The standard InChI is InChI=1S/C21H27N7O3/c29-17(9-10-18-25-20(28-31-18)16-8-3-4-11-22-16)23-12-5-13-24-19-14-6-1-2-7-15(14)21(30)27-26-19/h1-2,6-7,16,22H,3-5,8-13H2,(H,23,29)(H,24,26)(H,27,30). The molecule has 1 aromatic carbocycles. The van der Waals surface area contributed by atoms with Crippen molar-refractivity contribution in [2.45, 2.75) is 44.6 Å². The number of aryl methyl sites for hydroxylation is 1. The Kier molecular flexibility index (Phi) is 6.88. The molecule has 1 atom stereocenters. The molecule has 2 aromatic heterocycles. The van der Waals surface area contributed by atoms with Gasteiger partial charge in [0, 0.05) is 31.3 Å². The third-order valence-electron chi connectivity index (χ3n) is 5.34. The highest BCUT2D eigenvalue weighted by atomic mass is 16.5. The lowest BCUT2D eigenvalue weighted by Gasteiger charge is -2.19. The summed E-state index contributed by atoms with van der Waals surface area (Å²) in [6, 6.07) is 7.46. The van der Waals surface area contributed by atoms with Gasteiger partial charge in [0.1, 0.15) is 0 Å². The summed E-state index contributed by atoms with van der Waals surface area (Å²) in [4.78, 5) is 28.3. The van der Waals surface area contributed by atoms with Crippen LogP contribution in [-0.4, -0.2) is 45.9 Å². The number of nitrogens with one attached hydrogen (secondary N) is 4. The van der Waals surface area contributed by atoms with E-state index in [4.69, 9.17) is 4.52 Å². The molecule has 31 heavy (non-hydrogen) atoms. The Morgan fingerprint density at radius 2 is 2.06 bits per heavy atom. The molecule has 10 heteroatoms. The molecular weight excluding hydrogens is 398 g/mol. The average molecular weight is 425 g/mol. The third kappa shape index (κ3) is 5.46. The van der Waals surface area contributed by atoms with Crippen molar-refractivity contribution >= 4 is 22.5 Å². The quantitative estimate of drug-likeness (QED) is 0.380. The van der Waals surface area contributed by atoms with E-state index in [-0.39, 0.29) is 17.5 Å². The van der Waals surface area contributed by atoms with Gasteiger partial charge in [-0.2, -0.15) is 10.1 Å².